The van der Waals surface area contributed by atoms with Crippen LogP contribution in [-0.2, 0) is 6.54 Å². The molecule has 1 aliphatic rings. The van der Waals surface area contributed by atoms with E-state index in [1.807, 2.05) is 25.1 Å². The van der Waals surface area contributed by atoms with E-state index in [1.54, 1.807) is 21.1 Å². The van der Waals surface area contributed by atoms with Crippen molar-refractivity contribution in [3.63, 3.8) is 0 Å². The summed E-state index contributed by atoms with van der Waals surface area (Å²) in [7, 11) is 3.33. The van der Waals surface area contributed by atoms with Gasteiger partial charge in [-0.15, -0.1) is 24.0 Å². The summed E-state index contributed by atoms with van der Waals surface area (Å²) in [6.07, 6.45) is 1.01. The van der Waals surface area contributed by atoms with Crippen molar-refractivity contribution in [2.24, 2.45) is 4.99 Å². The molecule has 1 unspecified atom stereocenters. The molecule has 0 saturated carbocycles. The number of aromatic nitrogens is 2. The number of benzene rings is 1. The van der Waals surface area contributed by atoms with Crippen LogP contribution in [0.2, 0.25) is 0 Å². The monoisotopic (exact) mass is 516 g/mol. The molecular formula is C19H29IN6O3. The molecule has 0 spiro atoms. The average molecular weight is 516 g/mol. The molecule has 3 rings (SSSR count). The highest BCUT2D eigenvalue weighted by atomic mass is 127. The van der Waals surface area contributed by atoms with Crippen LogP contribution >= 0.6 is 24.0 Å². The fourth-order valence-corrected chi connectivity index (χ4v) is 3.16. The highest BCUT2D eigenvalue weighted by Gasteiger charge is 2.24. The van der Waals surface area contributed by atoms with Crippen LogP contribution in [0.4, 0.5) is 5.69 Å². The maximum atomic E-state index is 5.39. The Balaban J connectivity index is 0.00000300. The van der Waals surface area contributed by atoms with Crippen molar-refractivity contribution in [1.29, 1.82) is 0 Å². The maximum Gasteiger partial charge on any atom is 0.223 e. The quantitative estimate of drug-likeness (QED) is 0.329. The largest absolute Gasteiger partial charge is 0.497 e. The highest BCUT2D eigenvalue weighted by Crippen LogP contribution is 2.30. The summed E-state index contributed by atoms with van der Waals surface area (Å²) in [5.74, 6) is 3.45. The molecule has 0 aliphatic carbocycles. The molecule has 0 amide bonds. The van der Waals surface area contributed by atoms with Gasteiger partial charge in [-0.2, -0.15) is 4.98 Å². The number of aliphatic imine (C=N–C) groups is 1. The Hall–Kier alpha value is -2.24. The first kappa shape index (κ1) is 23.0. The predicted octanol–water partition coefficient (Wildman–Crippen LogP) is 2.35. The summed E-state index contributed by atoms with van der Waals surface area (Å²) in [6, 6.07) is 6.22. The van der Waals surface area contributed by atoms with E-state index in [4.69, 9.17) is 14.0 Å². The highest BCUT2D eigenvalue weighted by molar-refractivity contribution is 14.0. The average Bonchev–Trinajstić information content (AvgIpc) is 3.34. The molecule has 1 saturated heterocycles. The molecule has 1 aromatic heterocycles. The normalized spacial score (nSPS) is 16.3. The Morgan fingerprint density at radius 2 is 2.00 bits per heavy atom. The smallest absolute Gasteiger partial charge is 0.223 e. The topological polar surface area (TPSA) is 97.0 Å². The molecule has 1 atom stereocenters. The van der Waals surface area contributed by atoms with Crippen LogP contribution in [0, 0.1) is 6.92 Å². The Kier molecular flexibility index (Phi) is 8.80. The first-order chi connectivity index (χ1) is 13.6. The van der Waals surface area contributed by atoms with Crippen LogP contribution in [-0.4, -0.2) is 56.0 Å². The van der Waals surface area contributed by atoms with E-state index in [-0.39, 0.29) is 30.0 Å². The van der Waals surface area contributed by atoms with Gasteiger partial charge < -0.3 is 29.5 Å². The van der Waals surface area contributed by atoms with Gasteiger partial charge in [0, 0.05) is 56.5 Å². The lowest BCUT2D eigenvalue weighted by Crippen LogP contribution is -2.44. The molecule has 10 heteroatoms. The third kappa shape index (κ3) is 6.38. The molecule has 160 valence electrons. The second-order valence-electron chi connectivity index (χ2n) is 6.57. The number of nitrogens with one attached hydrogen (secondary N) is 2. The van der Waals surface area contributed by atoms with Gasteiger partial charge in [0.05, 0.1) is 14.2 Å². The zero-order valence-electron chi connectivity index (χ0n) is 17.3. The molecular weight excluding hydrogens is 487 g/mol. The van der Waals surface area contributed by atoms with E-state index in [0.717, 1.165) is 49.2 Å². The van der Waals surface area contributed by atoms with Gasteiger partial charge in [-0.25, -0.2) is 4.99 Å². The van der Waals surface area contributed by atoms with Crippen molar-refractivity contribution < 1.29 is 14.0 Å². The fourth-order valence-electron chi connectivity index (χ4n) is 3.16. The Bertz CT molecular complexity index is 791. The molecule has 1 aromatic carbocycles. The van der Waals surface area contributed by atoms with E-state index in [1.165, 1.54) is 0 Å². The van der Waals surface area contributed by atoms with Crippen molar-refractivity contribution in [3.8, 4) is 11.5 Å². The molecule has 2 aromatic rings. The van der Waals surface area contributed by atoms with Crippen molar-refractivity contribution in [2.45, 2.75) is 32.9 Å². The van der Waals surface area contributed by atoms with Crippen LogP contribution in [0.25, 0.3) is 0 Å². The summed E-state index contributed by atoms with van der Waals surface area (Å²) >= 11 is 0. The Morgan fingerprint density at radius 3 is 2.59 bits per heavy atom. The zero-order valence-corrected chi connectivity index (χ0v) is 19.6. The van der Waals surface area contributed by atoms with Gasteiger partial charge in [-0.05, 0) is 13.3 Å². The van der Waals surface area contributed by atoms with Gasteiger partial charge in [0.15, 0.2) is 11.8 Å². The fraction of sp³-hybridized carbons (Fsp3) is 0.526. The summed E-state index contributed by atoms with van der Waals surface area (Å²) in [5.41, 5.74) is 1.09. The molecule has 2 heterocycles. The van der Waals surface area contributed by atoms with Crippen molar-refractivity contribution in [1.82, 2.24) is 20.8 Å². The maximum absolute atomic E-state index is 5.39. The minimum atomic E-state index is 0. The first-order valence-electron chi connectivity index (χ1n) is 9.43. The second-order valence-corrected chi connectivity index (χ2v) is 6.57. The van der Waals surface area contributed by atoms with Crippen LogP contribution in [0.1, 0.15) is 25.1 Å². The molecule has 0 radical (unpaired) electrons. The number of ether oxygens (including phenoxy) is 2. The zero-order chi connectivity index (χ0) is 19.9. The van der Waals surface area contributed by atoms with Crippen molar-refractivity contribution >= 4 is 35.6 Å². The molecule has 1 fully saturated rings. The molecule has 1 aliphatic heterocycles. The van der Waals surface area contributed by atoms with Crippen LogP contribution in [0.5, 0.6) is 11.5 Å². The standard InChI is InChI=1S/C19H28N6O3.HI/c1-5-20-19(21-11-18-22-13(2)28-24-18)23-14-6-7-25(12-14)15-8-16(26-3)10-17(9-15)27-4;/h8-10,14H,5-7,11-12H2,1-4H3,(H2,20,21,23);1H. The lowest BCUT2D eigenvalue weighted by molar-refractivity contribution is 0.387. The minimum absolute atomic E-state index is 0. The lowest BCUT2D eigenvalue weighted by Gasteiger charge is -2.21. The van der Waals surface area contributed by atoms with Crippen molar-refractivity contribution in [3.05, 3.63) is 29.9 Å². The number of aryl methyl sites for hydroxylation is 1. The summed E-state index contributed by atoms with van der Waals surface area (Å²) in [4.78, 5) is 11.1. The molecule has 0 bridgehead atoms. The van der Waals surface area contributed by atoms with Gasteiger partial charge in [0.2, 0.25) is 5.89 Å². The first-order valence-corrected chi connectivity index (χ1v) is 9.43. The minimum Gasteiger partial charge on any atom is -0.497 e. The number of rotatable bonds is 7. The van der Waals surface area contributed by atoms with Crippen LogP contribution in [0.15, 0.2) is 27.7 Å². The Morgan fingerprint density at radius 1 is 1.28 bits per heavy atom. The van der Waals surface area contributed by atoms with E-state index in [0.29, 0.717) is 18.3 Å². The van der Waals surface area contributed by atoms with Gasteiger partial charge >= 0.3 is 0 Å². The summed E-state index contributed by atoms with van der Waals surface area (Å²) in [5, 5.41) is 10.7. The Labute approximate surface area is 188 Å². The van der Waals surface area contributed by atoms with Gasteiger partial charge in [0.25, 0.3) is 0 Å². The third-order valence-electron chi connectivity index (χ3n) is 4.52. The number of hydrogen-bond acceptors (Lipinski definition) is 7. The lowest BCUT2D eigenvalue weighted by atomic mass is 10.2. The van der Waals surface area contributed by atoms with Crippen LogP contribution in [0.3, 0.4) is 0 Å². The number of halogens is 1. The van der Waals surface area contributed by atoms with E-state index in [9.17, 15) is 0 Å². The van der Waals surface area contributed by atoms with E-state index in [2.05, 4.69) is 30.7 Å². The number of hydrogen-bond donors (Lipinski definition) is 2. The SMILES string of the molecule is CCNC(=NCc1noc(C)n1)NC1CCN(c2cc(OC)cc(OC)c2)C1.I. The summed E-state index contributed by atoms with van der Waals surface area (Å²) in [6.45, 7) is 6.76. The number of methoxy groups -OCH3 is 2. The molecule has 29 heavy (non-hydrogen) atoms. The predicted molar refractivity (Wildman–Crippen MR) is 123 cm³/mol. The van der Waals surface area contributed by atoms with Gasteiger partial charge in [-0.3, -0.25) is 0 Å². The summed E-state index contributed by atoms with van der Waals surface area (Å²) < 4.78 is 15.8. The number of nitrogens with zero attached hydrogens (tertiary/aromatic N) is 4. The van der Waals surface area contributed by atoms with Gasteiger partial charge in [-0.1, -0.05) is 5.16 Å². The van der Waals surface area contributed by atoms with Gasteiger partial charge in [0.1, 0.15) is 18.0 Å². The van der Waals surface area contributed by atoms with E-state index < -0.39 is 0 Å². The second kappa shape index (κ2) is 11.1. The number of guanidine groups is 1. The molecule has 2 N–H and O–H groups in total. The van der Waals surface area contributed by atoms with Crippen molar-refractivity contribution in [2.75, 3.05) is 38.8 Å². The third-order valence-corrected chi connectivity index (χ3v) is 4.52. The van der Waals surface area contributed by atoms with Crippen LogP contribution < -0.4 is 25.0 Å². The number of anilines is 1. The molecule has 9 nitrogen and oxygen atoms in total. The van der Waals surface area contributed by atoms with E-state index >= 15 is 0 Å².